The minimum Gasteiger partial charge on any atom is -0.295 e. The maximum Gasteiger partial charge on any atom is 0.416 e. The minimum absolute atomic E-state index is 0.118. The molecular formula is C22H24F3NO3S. The zero-order chi connectivity index (χ0) is 21.9. The maximum absolute atomic E-state index is 12.8. The zero-order valence-corrected chi connectivity index (χ0v) is 17.5. The average molecular weight is 439 g/mol. The molecule has 0 saturated carbocycles. The first-order valence-electron chi connectivity index (χ1n) is 9.84. The molecule has 1 aliphatic rings. The number of aryl methyl sites for hydroxylation is 1. The van der Waals surface area contributed by atoms with Gasteiger partial charge in [0.25, 0.3) is 0 Å². The fourth-order valence-corrected chi connectivity index (χ4v) is 5.15. The Morgan fingerprint density at radius 1 is 1.00 bits per heavy atom. The van der Waals surface area contributed by atoms with Gasteiger partial charge in [-0.25, -0.2) is 8.42 Å². The fourth-order valence-electron chi connectivity index (χ4n) is 3.68. The number of ketones is 1. The summed E-state index contributed by atoms with van der Waals surface area (Å²) in [5.74, 6) is 0.214. The highest BCUT2D eigenvalue weighted by Gasteiger charge is 2.31. The van der Waals surface area contributed by atoms with Gasteiger partial charge in [0.05, 0.1) is 10.5 Å². The van der Waals surface area contributed by atoms with Crippen molar-refractivity contribution in [2.24, 2.45) is 5.92 Å². The summed E-state index contributed by atoms with van der Waals surface area (Å²) in [6.45, 7) is 2.25. The summed E-state index contributed by atoms with van der Waals surface area (Å²) in [5, 5.41) is 0. The van der Waals surface area contributed by atoms with E-state index in [2.05, 4.69) is 0 Å². The molecule has 1 fully saturated rings. The van der Waals surface area contributed by atoms with Crippen LogP contribution in [0.4, 0.5) is 13.2 Å². The van der Waals surface area contributed by atoms with E-state index in [0.717, 1.165) is 24.1 Å². The van der Waals surface area contributed by atoms with Crippen LogP contribution in [0.15, 0.2) is 53.4 Å². The number of carbonyl (C=O) groups is 1. The number of halogens is 3. The number of alkyl halides is 3. The lowest BCUT2D eigenvalue weighted by molar-refractivity contribution is -0.137. The summed E-state index contributed by atoms with van der Waals surface area (Å²) in [6, 6.07) is 11.2. The molecule has 0 amide bonds. The second kappa shape index (κ2) is 8.89. The second-order valence-corrected chi connectivity index (χ2v) is 9.60. The summed E-state index contributed by atoms with van der Waals surface area (Å²) in [5.41, 5.74) is 0.667. The molecular weight excluding hydrogens is 415 g/mol. The van der Waals surface area contributed by atoms with Crippen molar-refractivity contribution in [3.8, 4) is 0 Å². The number of Topliss-reactive ketones (excluding diaryl/α,β-unsaturated/α-hetero) is 1. The Kier molecular flexibility index (Phi) is 6.67. The lowest BCUT2D eigenvalue weighted by atomic mass is 9.91. The molecule has 0 N–H and O–H groups in total. The van der Waals surface area contributed by atoms with Crippen LogP contribution in [-0.2, 0) is 22.6 Å². The highest BCUT2D eigenvalue weighted by molar-refractivity contribution is 7.89. The summed E-state index contributed by atoms with van der Waals surface area (Å²) >= 11 is 0. The van der Waals surface area contributed by atoms with E-state index >= 15 is 0 Å². The summed E-state index contributed by atoms with van der Waals surface area (Å²) in [7, 11) is -3.60. The molecule has 0 aromatic heterocycles. The smallest absolute Gasteiger partial charge is 0.295 e. The second-order valence-electron chi connectivity index (χ2n) is 7.66. The van der Waals surface area contributed by atoms with Crippen molar-refractivity contribution >= 4 is 15.8 Å². The third kappa shape index (κ3) is 5.29. The van der Waals surface area contributed by atoms with E-state index in [1.165, 1.54) is 47.6 Å². The molecule has 0 spiro atoms. The van der Waals surface area contributed by atoms with E-state index in [1.54, 1.807) is 0 Å². The largest absolute Gasteiger partial charge is 0.416 e. The highest BCUT2D eigenvalue weighted by atomic mass is 32.2. The molecule has 1 heterocycles. The van der Waals surface area contributed by atoms with Crippen molar-refractivity contribution in [1.29, 1.82) is 0 Å². The maximum atomic E-state index is 12.8. The van der Waals surface area contributed by atoms with Crippen LogP contribution < -0.4 is 0 Å². The van der Waals surface area contributed by atoms with Crippen LogP contribution in [0.25, 0.3) is 0 Å². The number of benzene rings is 2. The molecule has 1 saturated heterocycles. The fraction of sp³-hybridized carbons (Fsp3) is 0.409. The van der Waals surface area contributed by atoms with E-state index in [-0.39, 0.29) is 10.7 Å². The first-order valence-corrected chi connectivity index (χ1v) is 11.3. The predicted molar refractivity (Wildman–Crippen MR) is 108 cm³/mol. The van der Waals surface area contributed by atoms with Crippen LogP contribution >= 0.6 is 0 Å². The topological polar surface area (TPSA) is 54.5 Å². The molecule has 1 aliphatic heterocycles. The first kappa shape index (κ1) is 22.5. The zero-order valence-electron chi connectivity index (χ0n) is 16.7. The van der Waals surface area contributed by atoms with Crippen LogP contribution in [0.5, 0.6) is 0 Å². The van der Waals surface area contributed by atoms with Crippen LogP contribution in [0.1, 0.15) is 47.7 Å². The van der Waals surface area contributed by atoms with Crippen molar-refractivity contribution in [1.82, 2.24) is 4.31 Å². The Labute approximate surface area is 174 Å². The molecule has 0 aliphatic carbocycles. The van der Waals surface area contributed by atoms with Crippen molar-refractivity contribution in [3.63, 3.8) is 0 Å². The quantitative estimate of drug-likeness (QED) is 0.599. The summed E-state index contributed by atoms with van der Waals surface area (Å²) < 4.78 is 65.0. The van der Waals surface area contributed by atoms with Crippen molar-refractivity contribution in [2.45, 2.75) is 43.7 Å². The van der Waals surface area contributed by atoms with Crippen LogP contribution in [0.2, 0.25) is 0 Å². The van der Waals surface area contributed by atoms with E-state index in [4.69, 9.17) is 0 Å². The molecule has 0 unspecified atom stereocenters. The van der Waals surface area contributed by atoms with Gasteiger partial charge in [0, 0.05) is 18.7 Å². The average Bonchev–Trinajstić information content (AvgIpc) is 2.72. The first-order chi connectivity index (χ1) is 14.1. The number of carbonyl (C=O) groups excluding carboxylic acids is 1. The van der Waals surface area contributed by atoms with Gasteiger partial charge in [-0.3, -0.25) is 4.79 Å². The highest BCUT2D eigenvalue weighted by Crippen LogP contribution is 2.30. The van der Waals surface area contributed by atoms with E-state index in [0.29, 0.717) is 43.8 Å². The van der Waals surface area contributed by atoms with E-state index < -0.39 is 21.8 Å². The van der Waals surface area contributed by atoms with Gasteiger partial charge < -0.3 is 0 Å². The van der Waals surface area contributed by atoms with Gasteiger partial charge in [-0.2, -0.15) is 17.5 Å². The molecule has 0 radical (unpaired) electrons. The van der Waals surface area contributed by atoms with Gasteiger partial charge >= 0.3 is 6.18 Å². The number of sulfonamides is 1. The molecule has 3 rings (SSSR count). The van der Waals surface area contributed by atoms with E-state index in [9.17, 15) is 26.4 Å². The Bertz CT molecular complexity index is 976. The number of nitrogens with zero attached hydrogens (tertiary/aromatic N) is 1. The van der Waals surface area contributed by atoms with Crippen molar-refractivity contribution in [3.05, 3.63) is 65.2 Å². The number of hydrogen-bond donors (Lipinski definition) is 0. The summed E-state index contributed by atoms with van der Waals surface area (Å²) in [4.78, 5) is 11.5. The molecule has 0 atom stereocenters. The molecule has 4 nitrogen and oxygen atoms in total. The molecule has 162 valence electrons. The third-order valence-corrected chi connectivity index (χ3v) is 7.51. The molecule has 0 bridgehead atoms. The van der Waals surface area contributed by atoms with Gasteiger partial charge in [-0.15, -0.1) is 0 Å². The monoisotopic (exact) mass is 439 g/mol. The lowest BCUT2D eigenvalue weighted by Crippen LogP contribution is -2.38. The van der Waals surface area contributed by atoms with Gasteiger partial charge in [0.2, 0.25) is 10.0 Å². The number of rotatable bonds is 6. The van der Waals surface area contributed by atoms with Gasteiger partial charge in [0.1, 0.15) is 0 Å². The Hall–Kier alpha value is -2.19. The normalized spacial score (nSPS) is 16.5. The SMILES string of the molecule is CC(=O)c1ccc(S(=O)(=O)N2CCC(CCc3ccc(C(F)(F)F)cc3)CC2)cc1. The van der Waals surface area contributed by atoms with Gasteiger partial charge in [0.15, 0.2) is 5.78 Å². The van der Waals surface area contributed by atoms with E-state index in [1.807, 2.05) is 0 Å². The van der Waals surface area contributed by atoms with Crippen molar-refractivity contribution in [2.75, 3.05) is 13.1 Å². The predicted octanol–water partition coefficient (Wildman–Crippen LogP) is 4.94. The number of hydrogen-bond acceptors (Lipinski definition) is 3. The summed E-state index contributed by atoms with van der Waals surface area (Å²) in [6.07, 6.45) is -1.42. The Morgan fingerprint density at radius 3 is 2.07 bits per heavy atom. The van der Waals surface area contributed by atoms with Crippen LogP contribution in [0, 0.1) is 5.92 Å². The standard InChI is InChI=1S/C22H24F3NO3S/c1-16(27)19-6-10-21(11-7-19)30(28,29)26-14-12-18(13-15-26)3-2-17-4-8-20(9-5-17)22(23,24)25/h4-11,18H,2-3,12-15H2,1H3. The third-order valence-electron chi connectivity index (χ3n) is 5.59. The van der Waals surface area contributed by atoms with Gasteiger partial charge in [-0.1, -0.05) is 24.3 Å². The molecule has 8 heteroatoms. The molecule has 2 aromatic rings. The van der Waals surface area contributed by atoms with Crippen LogP contribution in [0.3, 0.4) is 0 Å². The van der Waals surface area contributed by atoms with Gasteiger partial charge in [-0.05, 0) is 68.4 Å². The lowest BCUT2D eigenvalue weighted by Gasteiger charge is -2.31. The Morgan fingerprint density at radius 2 is 1.57 bits per heavy atom. The Balaban J connectivity index is 1.53. The van der Waals surface area contributed by atoms with Crippen LogP contribution in [-0.4, -0.2) is 31.6 Å². The minimum atomic E-state index is -4.33. The molecule has 30 heavy (non-hydrogen) atoms. The molecule has 2 aromatic carbocycles. The van der Waals surface area contributed by atoms with Crippen molar-refractivity contribution < 1.29 is 26.4 Å². The number of piperidine rings is 1.